The Morgan fingerprint density at radius 3 is 1.86 bits per heavy atom. The number of rotatable bonds is 1. The molecule has 0 fully saturated rings. The van der Waals surface area contributed by atoms with E-state index < -0.39 is 0 Å². The molecule has 0 aromatic carbocycles. The van der Waals surface area contributed by atoms with Gasteiger partial charge in [0.15, 0.2) is 0 Å². The molecule has 0 radical (unpaired) electrons. The summed E-state index contributed by atoms with van der Waals surface area (Å²) in [4.78, 5) is 9.67. The number of allylic oxidation sites excluding steroid dienone is 1. The summed E-state index contributed by atoms with van der Waals surface area (Å²) in [5.41, 5.74) is 0. The van der Waals surface area contributed by atoms with Crippen molar-refractivity contribution in [2.45, 2.75) is 0 Å². The van der Waals surface area contributed by atoms with Gasteiger partial charge >= 0.3 is 42.5 Å². The van der Waals surface area contributed by atoms with E-state index in [1.165, 1.54) is 6.08 Å². The SMILES string of the molecule is C=C[C](=O)[Au].[Fe].[Ni]. The second kappa shape index (κ2) is 10.2. The standard InChI is InChI=1S/C3H3O.Au.Fe.Ni/c1-2-3-4;;;/h2H,1H2;;;. The predicted octanol–water partition coefficient (Wildman–Crippen LogP) is 0.241. The molecular formula is C3H3AuFeNiO. The van der Waals surface area contributed by atoms with Crippen LogP contribution in [0.3, 0.4) is 0 Å². The van der Waals surface area contributed by atoms with E-state index in [4.69, 9.17) is 0 Å². The first-order valence-electron chi connectivity index (χ1n) is 1.05. The fraction of sp³-hybridized carbons (Fsp3) is 0. The van der Waals surface area contributed by atoms with E-state index in [0.717, 1.165) is 0 Å². The molecular weight excluding hydrogens is 364 g/mol. The molecule has 1 nitrogen and oxygen atoms in total. The molecule has 0 aliphatic heterocycles. The second-order valence-electron chi connectivity index (χ2n) is 0.471. The van der Waals surface area contributed by atoms with Crippen molar-refractivity contribution in [1.82, 2.24) is 0 Å². The van der Waals surface area contributed by atoms with Crippen LogP contribution in [0, 0.1) is 0 Å². The molecule has 0 bridgehead atoms. The van der Waals surface area contributed by atoms with Gasteiger partial charge in [-0.1, -0.05) is 0 Å². The van der Waals surface area contributed by atoms with Gasteiger partial charge in [0.1, 0.15) is 0 Å². The van der Waals surface area contributed by atoms with Crippen molar-refractivity contribution < 1.29 is 59.4 Å². The Kier molecular flexibility index (Phi) is 22.9. The van der Waals surface area contributed by atoms with Gasteiger partial charge in [-0.05, 0) is 0 Å². The number of hydrogen-bond acceptors (Lipinski definition) is 1. The van der Waals surface area contributed by atoms with Gasteiger partial charge in [0, 0.05) is 33.6 Å². The molecule has 0 N–H and O–H groups in total. The van der Waals surface area contributed by atoms with Crippen LogP contribution in [0.25, 0.3) is 0 Å². The van der Waals surface area contributed by atoms with Crippen LogP contribution in [0.4, 0.5) is 0 Å². The van der Waals surface area contributed by atoms with E-state index >= 15 is 0 Å². The van der Waals surface area contributed by atoms with Gasteiger partial charge in [0.2, 0.25) is 0 Å². The van der Waals surface area contributed by atoms with Gasteiger partial charge in [0.05, 0.1) is 0 Å². The number of hydrogen-bond donors (Lipinski definition) is 0. The second-order valence-corrected chi connectivity index (χ2v) is 1.54. The molecule has 0 aromatic rings. The quantitative estimate of drug-likeness (QED) is 0.480. The van der Waals surface area contributed by atoms with Crippen molar-refractivity contribution in [3.63, 3.8) is 0 Å². The summed E-state index contributed by atoms with van der Waals surface area (Å²) in [5, 5.41) is 0. The number of carbonyl (C=O) groups excluding carboxylic acids is 1. The zero-order valence-electron chi connectivity index (χ0n) is 3.16. The molecule has 7 heavy (non-hydrogen) atoms. The van der Waals surface area contributed by atoms with E-state index in [0.29, 0.717) is 0 Å². The van der Waals surface area contributed by atoms with Crippen LogP contribution in [0.2, 0.25) is 0 Å². The maximum absolute atomic E-state index is 9.67. The molecule has 0 amide bonds. The first-order valence-corrected chi connectivity index (χ1v) is 2.14. The Balaban J connectivity index is -0.0000000800. The van der Waals surface area contributed by atoms with Crippen molar-refractivity contribution in [2.75, 3.05) is 0 Å². The van der Waals surface area contributed by atoms with E-state index in [9.17, 15) is 4.79 Å². The van der Waals surface area contributed by atoms with Gasteiger partial charge < -0.3 is 0 Å². The van der Waals surface area contributed by atoms with Gasteiger partial charge in [-0.3, -0.25) is 0 Å². The van der Waals surface area contributed by atoms with Crippen molar-refractivity contribution >= 4 is 4.00 Å². The van der Waals surface area contributed by atoms with Crippen molar-refractivity contribution in [3.8, 4) is 0 Å². The summed E-state index contributed by atoms with van der Waals surface area (Å²) < 4.78 is -0.0370. The van der Waals surface area contributed by atoms with E-state index in [1.54, 1.807) is 21.1 Å². The minimum Gasteiger partial charge on any atom is 0 e. The van der Waals surface area contributed by atoms with Crippen LogP contribution in [0.1, 0.15) is 0 Å². The molecule has 0 spiro atoms. The monoisotopic (exact) mass is 366 g/mol. The molecule has 0 saturated heterocycles. The number of carbonyl (C=O) groups is 1. The Morgan fingerprint density at radius 1 is 1.71 bits per heavy atom. The van der Waals surface area contributed by atoms with Gasteiger partial charge in [-0.25, -0.2) is 0 Å². The summed E-state index contributed by atoms with van der Waals surface area (Å²) in [7, 11) is 0. The van der Waals surface area contributed by atoms with Crippen LogP contribution >= 0.6 is 0 Å². The predicted molar refractivity (Wildman–Crippen MR) is 15.2 cm³/mol. The van der Waals surface area contributed by atoms with Crippen molar-refractivity contribution in [2.24, 2.45) is 0 Å². The summed E-state index contributed by atoms with van der Waals surface area (Å²) in [5.74, 6) is 0. The minimum atomic E-state index is -0.0370. The van der Waals surface area contributed by atoms with Crippen molar-refractivity contribution in [3.05, 3.63) is 12.7 Å². The largest absolute Gasteiger partial charge is 0 e. The molecule has 4 heteroatoms. The van der Waals surface area contributed by atoms with Crippen LogP contribution in [0.5, 0.6) is 0 Å². The third-order valence-corrected chi connectivity index (χ3v) is 0.587. The minimum absolute atomic E-state index is 0. The molecule has 0 atom stereocenters. The Bertz CT molecular complexity index is 66.0. The molecule has 50 valence electrons. The Morgan fingerprint density at radius 2 is 1.86 bits per heavy atom. The molecule has 0 aliphatic rings. The fourth-order valence-corrected chi connectivity index (χ4v) is 0. The first kappa shape index (κ1) is 15.7. The third kappa shape index (κ3) is 19.1. The van der Waals surface area contributed by atoms with E-state index in [-0.39, 0.29) is 37.6 Å². The average molecular weight is 367 g/mol. The van der Waals surface area contributed by atoms with Gasteiger partial charge in [-0.2, -0.15) is 0 Å². The summed E-state index contributed by atoms with van der Waals surface area (Å²) in [6, 6.07) is 0. The van der Waals surface area contributed by atoms with Crippen molar-refractivity contribution in [1.29, 1.82) is 0 Å². The first-order chi connectivity index (χ1) is 2.27. The summed E-state index contributed by atoms with van der Waals surface area (Å²) in [6.45, 7) is 3.20. The van der Waals surface area contributed by atoms with Gasteiger partial charge in [-0.15, -0.1) is 0 Å². The molecule has 0 rings (SSSR count). The average Bonchev–Trinajstić information content (AvgIpc) is 1.38. The van der Waals surface area contributed by atoms with E-state index in [2.05, 4.69) is 6.58 Å². The molecule has 0 aromatic heterocycles. The van der Waals surface area contributed by atoms with Crippen LogP contribution in [-0.2, 0) is 59.4 Å². The zero-order chi connectivity index (χ0) is 4.28. The molecule has 0 saturated carbocycles. The fourth-order valence-electron chi connectivity index (χ4n) is 0. The smallest absolute Gasteiger partial charge is 0 e. The molecule has 0 unspecified atom stereocenters. The zero-order valence-corrected chi connectivity index (χ0v) is 7.42. The maximum Gasteiger partial charge on any atom is 0 e. The van der Waals surface area contributed by atoms with Crippen LogP contribution in [0.15, 0.2) is 12.7 Å². The van der Waals surface area contributed by atoms with Gasteiger partial charge in [0.25, 0.3) is 0 Å². The van der Waals surface area contributed by atoms with Crippen LogP contribution < -0.4 is 0 Å². The van der Waals surface area contributed by atoms with E-state index in [1.807, 2.05) is 0 Å². The topological polar surface area (TPSA) is 17.1 Å². The normalized spacial score (nSPS) is 4.86. The Hall–Kier alpha value is 1.16. The third-order valence-electron chi connectivity index (χ3n) is 0.145. The molecule has 0 heterocycles. The molecule has 0 aliphatic carbocycles. The maximum atomic E-state index is 9.67. The summed E-state index contributed by atoms with van der Waals surface area (Å²) in [6.07, 6.45) is 1.25. The van der Waals surface area contributed by atoms with Crippen LogP contribution in [-0.4, -0.2) is 4.00 Å². The summed E-state index contributed by atoms with van der Waals surface area (Å²) >= 11 is 1.81. The Labute approximate surface area is 75.6 Å².